The van der Waals surface area contributed by atoms with Gasteiger partial charge in [-0.25, -0.2) is 9.18 Å². The zero-order valence-corrected chi connectivity index (χ0v) is 8.24. The summed E-state index contributed by atoms with van der Waals surface area (Å²) in [6.45, 7) is 0. The number of benzene rings is 1. The molecule has 4 nitrogen and oxygen atoms in total. The maximum absolute atomic E-state index is 13.3. The summed E-state index contributed by atoms with van der Waals surface area (Å²) in [4.78, 5) is 21.7. The highest BCUT2D eigenvalue weighted by Crippen LogP contribution is 2.24. The highest BCUT2D eigenvalue weighted by molar-refractivity contribution is 5.94. The van der Waals surface area contributed by atoms with Crippen LogP contribution in [0.3, 0.4) is 0 Å². The summed E-state index contributed by atoms with van der Waals surface area (Å²) in [6, 6.07) is 2.19. The summed E-state index contributed by atoms with van der Waals surface area (Å²) in [6.07, 6.45) is 0.439. The highest BCUT2D eigenvalue weighted by Gasteiger charge is 2.18. The van der Waals surface area contributed by atoms with Crippen LogP contribution in [-0.2, 0) is 4.74 Å². The zero-order chi connectivity index (χ0) is 11.4. The van der Waals surface area contributed by atoms with Gasteiger partial charge in [-0.2, -0.15) is 0 Å². The van der Waals surface area contributed by atoms with Crippen LogP contribution in [0.25, 0.3) is 0 Å². The molecular weight excluding hydrogens is 203 g/mol. The van der Waals surface area contributed by atoms with Crippen molar-refractivity contribution in [1.82, 2.24) is 0 Å². The van der Waals surface area contributed by atoms with E-state index in [-0.39, 0.29) is 16.9 Å². The molecule has 0 amide bonds. The molecule has 0 aliphatic rings. The van der Waals surface area contributed by atoms with Gasteiger partial charge in [0.05, 0.1) is 14.2 Å². The third-order valence-electron chi connectivity index (χ3n) is 1.81. The van der Waals surface area contributed by atoms with Crippen LogP contribution in [0.4, 0.5) is 4.39 Å². The van der Waals surface area contributed by atoms with Crippen molar-refractivity contribution in [2.45, 2.75) is 0 Å². The van der Waals surface area contributed by atoms with Crippen LogP contribution >= 0.6 is 0 Å². The molecule has 0 spiro atoms. The molecule has 0 aromatic heterocycles. The van der Waals surface area contributed by atoms with Crippen molar-refractivity contribution in [3.05, 3.63) is 29.1 Å². The van der Waals surface area contributed by atoms with Gasteiger partial charge in [-0.1, -0.05) is 0 Å². The maximum atomic E-state index is 13.3. The first-order valence-corrected chi connectivity index (χ1v) is 4.05. The fourth-order valence-corrected chi connectivity index (χ4v) is 1.15. The third-order valence-corrected chi connectivity index (χ3v) is 1.81. The van der Waals surface area contributed by atoms with Crippen LogP contribution in [-0.4, -0.2) is 26.5 Å². The number of ether oxygens (including phenoxy) is 2. The van der Waals surface area contributed by atoms with E-state index < -0.39 is 11.8 Å². The standard InChI is InChI=1S/C10H9FO4/c1-14-9-7(10(13)15-2)3-6(5-12)4-8(9)11/h3-5H,1-2H3. The number of halogens is 1. The van der Waals surface area contributed by atoms with Gasteiger partial charge < -0.3 is 9.47 Å². The molecule has 0 fully saturated rings. The Morgan fingerprint density at radius 1 is 1.40 bits per heavy atom. The van der Waals surface area contributed by atoms with Gasteiger partial charge in [0.1, 0.15) is 11.8 Å². The Balaban J connectivity index is 3.38. The van der Waals surface area contributed by atoms with E-state index in [1.807, 2.05) is 0 Å². The number of esters is 1. The minimum atomic E-state index is -0.775. The summed E-state index contributed by atoms with van der Waals surface area (Å²) < 4.78 is 22.4. The van der Waals surface area contributed by atoms with E-state index in [1.54, 1.807) is 0 Å². The predicted molar refractivity (Wildman–Crippen MR) is 49.7 cm³/mol. The van der Waals surface area contributed by atoms with Crippen molar-refractivity contribution in [2.24, 2.45) is 0 Å². The van der Waals surface area contributed by atoms with Gasteiger partial charge in [-0.3, -0.25) is 4.79 Å². The van der Waals surface area contributed by atoms with Gasteiger partial charge in [0, 0.05) is 5.56 Å². The van der Waals surface area contributed by atoms with Crippen molar-refractivity contribution < 1.29 is 23.5 Å². The summed E-state index contributed by atoms with van der Waals surface area (Å²) in [5, 5.41) is 0. The number of aldehydes is 1. The quantitative estimate of drug-likeness (QED) is 0.561. The lowest BCUT2D eigenvalue weighted by Crippen LogP contribution is -2.06. The molecule has 1 aromatic carbocycles. The predicted octanol–water partition coefficient (Wildman–Crippen LogP) is 1.43. The molecule has 0 atom stereocenters. The van der Waals surface area contributed by atoms with Crippen LogP contribution in [0.5, 0.6) is 5.75 Å². The molecule has 1 rings (SSSR count). The zero-order valence-electron chi connectivity index (χ0n) is 8.24. The van der Waals surface area contributed by atoms with Gasteiger partial charge in [0.2, 0.25) is 0 Å². The van der Waals surface area contributed by atoms with Crippen LogP contribution in [0.1, 0.15) is 20.7 Å². The first kappa shape index (κ1) is 11.2. The molecule has 80 valence electrons. The third kappa shape index (κ3) is 2.12. The molecule has 1 aromatic rings. The molecule has 15 heavy (non-hydrogen) atoms. The highest BCUT2D eigenvalue weighted by atomic mass is 19.1. The number of carbonyl (C=O) groups excluding carboxylic acids is 2. The van der Waals surface area contributed by atoms with E-state index >= 15 is 0 Å². The van der Waals surface area contributed by atoms with E-state index in [1.165, 1.54) is 13.2 Å². The Labute approximate surface area is 85.6 Å². The van der Waals surface area contributed by atoms with Gasteiger partial charge >= 0.3 is 5.97 Å². The Hall–Kier alpha value is -1.91. The molecule has 0 bridgehead atoms. The van der Waals surface area contributed by atoms with E-state index in [0.29, 0.717) is 6.29 Å². The summed E-state index contributed by atoms with van der Waals surface area (Å²) in [5.74, 6) is -1.76. The van der Waals surface area contributed by atoms with Crippen molar-refractivity contribution in [3.8, 4) is 5.75 Å². The van der Waals surface area contributed by atoms with E-state index in [0.717, 1.165) is 13.2 Å². The van der Waals surface area contributed by atoms with Crippen molar-refractivity contribution in [3.63, 3.8) is 0 Å². The van der Waals surface area contributed by atoms with Crippen molar-refractivity contribution in [2.75, 3.05) is 14.2 Å². The van der Waals surface area contributed by atoms with Crippen LogP contribution in [0, 0.1) is 5.82 Å². The summed E-state index contributed by atoms with van der Waals surface area (Å²) >= 11 is 0. The lowest BCUT2D eigenvalue weighted by Gasteiger charge is -2.08. The minimum absolute atomic E-state index is 0.0497. The summed E-state index contributed by atoms with van der Waals surface area (Å²) in [7, 11) is 2.39. The smallest absolute Gasteiger partial charge is 0.341 e. The topological polar surface area (TPSA) is 52.6 Å². The number of rotatable bonds is 3. The maximum Gasteiger partial charge on any atom is 0.341 e. The molecule has 0 radical (unpaired) electrons. The fourth-order valence-electron chi connectivity index (χ4n) is 1.15. The normalized spacial score (nSPS) is 9.53. The molecule has 5 heteroatoms. The van der Waals surface area contributed by atoms with Crippen LogP contribution in [0.15, 0.2) is 12.1 Å². The molecule has 0 N–H and O–H groups in total. The first-order valence-electron chi connectivity index (χ1n) is 4.05. The molecule has 0 saturated heterocycles. The second-order valence-corrected chi connectivity index (χ2v) is 2.69. The van der Waals surface area contributed by atoms with Crippen molar-refractivity contribution >= 4 is 12.3 Å². The van der Waals surface area contributed by atoms with Gasteiger partial charge in [0.25, 0.3) is 0 Å². The Kier molecular flexibility index (Phi) is 3.38. The molecule has 0 heterocycles. The van der Waals surface area contributed by atoms with E-state index in [2.05, 4.69) is 4.74 Å². The number of methoxy groups -OCH3 is 2. The number of carbonyl (C=O) groups is 2. The number of hydrogen-bond donors (Lipinski definition) is 0. The average Bonchev–Trinajstić information content (AvgIpc) is 2.26. The SMILES string of the molecule is COC(=O)c1cc(C=O)cc(F)c1OC. The molecule has 0 saturated carbocycles. The Morgan fingerprint density at radius 3 is 2.53 bits per heavy atom. The van der Waals surface area contributed by atoms with Gasteiger partial charge in [-0.05, 0) is 12.1 Å². The van der Waals surface area contributed by atoms with Crippen LogP contribution in [0.2, 0.25) is 0 Å². The summed E-state index contributed by atoms with van der Waals surface area (Å²) in [5.41, 5.74) is -0.0594. The van der Waals surface area contributed by atoms with Gasteiger partial charge in [-0.15, -0.1) is 0 Å². The molecular formula is C10H9FO4. The molecule has 0 aliphatic carbocycles. The van der Waals surface area contributed by atoms with Gasteiger partial charge in [0.15, 0.2) is 11.6 Å². The van der Waals surface area contributed by atoms with Crippen molar-refractivity contribution in [1.29, 1.82) is 0 Å². The second-order valence-electron chi connectivity index (χ2n) is 2.69. The molecule has 0 unspecified atom stereocenters. The van der Waals surface area contributed by atoms with E-state index in [4.69, 9.17) is 4.74 Å². The monoisotopic (exact) mass is 212 g/mol. The van der Waals surface area contributed by atoms with E-state index in [9.17, 15) is 14.0 Å². The average molecular weight is 212 g/mol. The molecule has 0 aliphatic heterocycles. The Bertz CT molecular complexity index is 401. The largest absolute Gasteiger partial charge is 0.493 e. The first-order chi connectivity index (χ1) is 7.13. The number of hydrogen-bond acceptors (Lipinski definition) is 4. The lowest BCUT2D eigenvalue weighted by atomic mass is 10.1. The second kappa shape index (κ2) is 4.54. The lowest BCUT2D eigenvalue weighted by molar-refractivity contribution is 0.0596. The Morgan fingerprint density at radius 2 is 2.07 bits per heavy atom. The van der Waals surface area contributed by atoms with Crippen LogP contribution < -0.4 is 4.74 Å². The minimum Gasteiger partial charge on any atom is -0.493 e. The fraction of sp³-hybridized carbons (Fsp3) is 0.200.